The van der Waals surface area contributed by atoms with Gasteiger partial charge in [0, 0.05) is 23.9 Å². The maximum absolute atomic E-state index is 12.3. The van der Waals surface area contributed by atoms with Crippen molar-refractivity contribution in [1.29, 1.82) is 0 Å². The molecule has 0 saturated heterocycles. The topological polar surface area (TPSA) is 114 Å². The summed E-state index contributed by atoms with van der Waals surface area (Å²) in [6.07, 6.45) is -1.05. The van der Waals surface area contributed by atoms with Crippen molar-refractivity contribution in [3.63, 3.8) is 0 Å². The van der Waals surface area contributed by atoms with E-state index in [1.54, 1.807) is 12.1 Å². The number of rotatable bonds is 6. The number of para-hydroxylation sites is 2. The number of nitrogens with one attached hydrogen (secondary N) is 3. The fourth-order valence-electron chi connectivity index (χ4n) is 3.92. The van der Waals surface area contributed by atoms with Gasteiger partial charge in [-0.1, -0.05) is 36.4 Å². The second kappa shape index (κ2) is 11.2. The molecule has 0 aliphatic carbocycles. The average Bonchev–Trinajstić information content (AvgIpc) is 2.82. The lowest BCUT2D eigenvalue weighted by molar-refractivity contribution is 0.0624. The fourth-order valence-corrected chi connectivity index (χ4v) is 3.92. The summed E-state index contributed by atoms with van der Waals surface area (Å²) in [7, 11) is 0. The van der Waals surface area contributed by atoms with Crippen molar-refractivity contribution in [2.75, 3.05) is 10.6 Å². The van der Waals surface area contributed by atoms with Crippen molar-refractivity contribution in [3.05, 3.63) is 72.1 Å². The number of nitrogens with zero attached hydrogens (tertiary/aromatic N) is 2. The molecule has 0 aliphatic heterocycles. The van der Waals surface area contributed by atoms with Crippen LogP contribution in [0.2, 0.25) is 0 Å². The van der Waals surface area contributed by atoms with Gasteiger partial charge in [0.05, 0.1) is 33.8 Å². The Morgan fingerprint density at radius 1 is 0.641 bits per heavy atom. The smallest absolute Gasteiger partial charge is 0.412 e. The van der Waals surface area contributed by atoms with Crippen LogP contribution in [0.1, 0.15) is 52.9 Å². The van der Waals surface area contributed by atoms with Crippen LogP contribution < -0.4 is 16.0 Å². The summed E-state index contributed by atoms with van der Waals surface area (Å²) in [6.45, 7) is 11.9. The van der Waals surface area contributed by atoms with E-state index in [0.29, 0.717) is 35.5 Å². The molecule has 0 radical (unpaired) electrons. The summed E-state index contributed by atoms with van der Waals surface area (Å²) in [4.78, 5) is 34.2. The first kappa shape index (κ1) is 27.8. The van der Waals surface area contributed by atoms with E-state index in [1.165, 1.54) is 0 Å². The van der Waals surface area contributed by atoms with E-state index in [-0.39, 0.29) is 0 Å². The van der Waals surface area contributed by atoms with Crippen LogP contribution in [0.15, 0.2) is 60.7 Å². The minimum absolute atomic E-state index is 0.494. The molecule has 2 heterocycles. The molecule has 2 aromatic heterocycles. The molecule has 3 N–H and O–H groups in total. The van der Waals surface area contributed by atoms with Crippen molar-refractivity contribution in [1.82, 2.24) is 15.3 Å². The molecule has 2 amide bonds. The first-order chi connectivity index (χ1) is 18.4. The predicted octanol–water partition coefficient (Wildman–Crippen LogP) is 6.77. The number of ether oxygens (including phenoxy) is 2. The average molecular weight is 530 g/mol. The first-order valence-electron chi connectivity index (χ1n) is 12.8. The highest BCUT2D eigenvalue weighted by atomic mass is 16.6. The molecule has 9 nitrogen and oxygen atoms in total. The van der Waals surface area contributed by atoms with Crippen LogP contribution in [0.4, 0.5) is 21.0 Å². The molecule has 0 saturated carbocycles. The second-order valence-corrected chi connectivity index (χ2v) is 11.2. The summed E-state index contributed by atoms with van der Waals surface area (Å²) in [5, 5.41) is 10.8. The Bertz CT molecular complexity index is 1390. The summed E-state index contributed by atoms with van der Waals surface area (Å²) in [5.41, 5.74) is 2.98. The lowest BCUT2D eigenvalue weighted by atomic mass is 10.1. The number of carbonyl (C=O) groups excluding carboxylic acids is 2. The second-order valence-electron chi connectivity index (χ2n) is 11.2. The van der Waals surface area contributed by atoms with Gasteiger partial charge in [0.2, 0.25) is 0 Å². The van der Waals surface area contributed by atoms with Gasteiger partial charge >= 0.3 is 12.2 Å². The molecule has 4 aromatic rings. The van der Waals surface area contributed by atoms with Gasteiger partial charge < -0.3 is 14.8 Å². The molecule has 4 rings (SSSR count). The quantitative estimate of drug-likeness (QED) is 0.253. The zero-order valence-corrected chi connectivity index (χ0v) is 23.2. The van der Waals surface area contributed by atoms with Gasteiger partial charge in [-0.15, -0.1) is 0 Å². The highest BCUT2D eigenvalue weighted by Crippen LogP contribution is 2.24. The maximum atomic E-state index is 12.3. The molecule has 0 fully saturated rings. The van der Waals surface area contributed by atoms with Crippen molar-refractivity contribution in [2.24, 2.45) is 0 Å². The van der Waals surface area contributed by atoms with E-state index in [9.17, 15) is 9.59 Å². The Morgan fingerprint density at radius 3 is 1.44 bits per heavy atom. The number of aromatic nitrogens is 2. The molecule has 0 unspecified atom stereocenters. The van der Waals surface area contributed by atoms with Crippen molar-refractivity contribution < 1.29 is 19.1 Å². The first-order valence-corrected chi connectivity index (χ1v) is 12.8. The number of pyridine rings is 2. The third kappa shape index (κ3) is 7.87. The standard InChI is InChI=1S/C30H35N5O4/c1-29(2,3)38-27(36)34-23-11-7-9-19-13-15-21(32-25(19)23)17-31-18-22-16-14-20-10-8-12-24(26(20)33-22)35-28(37)39-30(4,5)6/h7-16,31H,17-18H2,1-6H3,(H,34,36)(H,35,37). The molecule has 2 aromatic carbocycles. The number of carbonyl (C=O) groups is 2. The van der Waals surface area contributed by atoms with Crippen molar-refractivity contribution >= 4 is 45.4 Å². The van der Waals surface area contributed by atoms with Crippen LogP contribution in [0.5, 0.6) is 0 Å². The minimum atomic E-state index is -0.597. The number of hydrogen-bond acceptors (Lipinski definition) is 7. The largest absolute Gasteiger partial charge is 0.444 e. The number of fused-ring (bicyclic) bond motifs is 2. The van der Waals surface area contributed by atoms with Gasteiger partial charge in [0.15, 0.2) is 0 Å². The number of benzene rings is 2. The van der Waals surface area contributed by atoms with E-state index in [4.69, 9.17) is 19.4 Å². The number of anilines is 2. The van der Waals surface area contributed by atoms with Crippen molar-refractivity contribution in [2.45, 2.75) is 65.8 Å². The van der Waals surface area contributed by atoms with Gasteiger partial charge in [0.1, 0.15) is 11.2 Å². The van der Waals surface area contributed by atoms with Crippen LogP contribution in [0.3, 0.4) is 0 Å². The highest BCUT2D eigenvalue weighted by molar-refractivity contribution is 5.98. The van der Waals surface area contributed by atoms with E-state index in [1.807, 2.05) is 90.1 Å². The van der Waals surface area contributed by atoms with Gasteiger partial charge in [-0.3, -0.25) is 10.6 Å². The third-order valence-electron chi connectivity index (χ3n) is 5.44. The van der Waals surface area contributed by atoms with Crippen LogP contribution in [-0.4, -0.2) is 33.4 Å². The third-order valence-corrected chi connectivity index (χ3v) is 5.44. The lowest BCUT2D eigenvalue weighted by Gasteiger charge is -2.20. The molecular formula is C30H35N5O4. The Morgan fingerprint density at radius 2 is 1.05 bits per heavy atom. The Hall–Kier alpha value is -4.24. The van der Waals surface area contributed by atoms with Crippen LogP contribution >= 0.6 is 0 Å². The van der Waals surface area contributed by atoms with Gasteiger partial charge in [-0.25, -0.2) is 19.6 Å². The molecule has 0 atom stereocenters. The monoisotopic (exact) mass is 529 g/mol. The number of amides is 2. The molecule has 0 spiro atoms. The highest BCUT2D eigenvalue weighted by Gasteiger charge is 2.18. The molecular weight excluding hydrogens is 494 g/mol. The molecule has 9 heteroatoms. The number of hydrogen-bond donors (Lipinski definition) is 3. The summed E-state index contributed by atoms with van der Waals surface area (Å²) < 4.78 is 10.8. The van der Waals surface area contributed by atoms with Crippen molar-refractivity contribution in [3.8, 4) is 0 Å². The molecule has 204 valence electrons. The van der Waals surface area contributed by atoms with Gasteiger partial charge in [-0.2, -0.15) is 0 Å². The Kier molecular flexibility index (Phi) is 8.01. The van der Waals surface area contributed by atoms with E-state index >= 15 is 0 Å². The maximum Gasteiger partial charge on any atom is 0.412 e. The van der Waals surface area contributed by atoms with Gasteiger partial charge in [0.25, 0.3) is 0 Å². The summed E-state index contributed by atoms with van der Waals surface area (Å²) in [6, 6.07) is 19.1. The normalized spacial score (nSPS) is 11.8. The zero-order chi connectivity index (χ0) is 28.2. The van der Waals surface area contributed by atoms with Crippen LogP contribution in [0.25, 0.3) is 21.8 Å². The van der Waals surface area contributed by atoms with E-state index in [2.05, 4.69) is 16.0 Å². The van der Waals surface area contributed by atoms with E-state index in [0.717, 1.165) is 22.2 Å². The predicted molar refractivity (Wildman–Crippen MR) is 154 cm³/mol. The van der Waals surface area contributed by atoms with Gasteiger partial charge in [-0.05, 0) is 65.8 Å². The summed E-state index contributed by atoms with van der Waals surface area (Å²) >= 11 is 0. The molecule has 39 heavy (non-hydrogen) atoms. The lowest BCUT2D eigenvalue weighted by Crippen LogP contribution is -2.27. The molecule has 0 bridgehead atoms. The van der Waals surface area contributed by atoms with E-state index < -0.39 is 23.4 Å². The summed E-state index contributed by atoms with van der Waals surface area (Å²) in [5.74, 6) is 0. The molecule has 0 aliphatic rings. The van der Waals surface area contributed by atoms with Crippen LogP contribution in [0, 0.1) is 0 Å². The fraction of sp³-hybridized carbons (Fsp3) is 0.333. The minimum Gasteiger partial charge on any atom is -0.444 e. The Balaban J connectivity index is 1.45. The van der Waals surface area contributed by atoms with Crippen LogP contribution in [-0.2, 0) is 22.6 Å². The zero-order valence-electron chi connectivity index (χ0n) is 23.2. The SMILES string of the molecule is CC(C)(C)OC(=O)Nc1cccc2ccc(CNCc3ccc4cccc(NC(=O)OC(C)(C)C)c4n3)nc12. The Labute approximate surface area is 228 Å².